The zero-order valence-corrected chi connectivity index (χ0v) is 19.7. The summed E-state index contributed by atoms with van der Waals surface area (Å²) in [4.78, 5) is 25.7. The van der Waals surface area contributed by atoms with Crippen LogP contribution in [0, 0.1) is 0 Å². The van der Waals surface area contributed by atoms with E-state index in [4.69, 9.17) is 21.4 Å². The Morgan fingerprint density at radius 2 is 1.82 bits per heavy atom. The van der Waals surface area contributed by atoms with Gasteiger partial charge in [0.15, 0.2) is 12.6 Å². The van der Waals surface area contributed by atoms with Crippen molar-refractivity contribution in [2.24, 2.45) is 0 Å². The molecule has 0 fully saturated rings. The van der Waals surface area contributed by atoms with Crippen molar-refractivity contribution in [3.63, 3.8) is 0 Å². The molecule has 7 heteroatoms. The summed E-state index contributed by atoms with van der Waals surface area (Å²) >= 11 is 6.16. The lowest BCUT2D eigenvalue weighted by Crippen LogP contribution is -2.27. The van der Waals surface area contributed by atoms with E-state index in [9.17, 15) is 9.59 Å². The average molecular weight is 479 g/mol. The van der Waals surface area contributed by atoms with Crippen LogP contribution in [0.1, 0.15) is 53.2 Å². The van der Waals surface area contributed by atoms with Crippen LogP contribution in [0.2, 0.25) is 5.02 Å². The number of ketones is 1. The first-order valence-corrected chi connectivity index (χ1v) is 11.3. The fraction of sp³-hybridized carbons (Fsp3) is 0.185. The zero-order chi connectivity index (χ0) is 24.2. The van der Waals surface area contributed by atoms with E-state index in [2.05, 4.69) is 5.32 Å². The molecule has 0 spiro atoms. The molecule has 1 heterocycles. The minimum Gasteiger partial charge on any atom is -0.468 e. The third-order valence-corrected chi connectivity index (χ3v) is 5.96. The van der Waals surface area contributed by atoms with Crippen LogP contribution in [-0.4, -0.2) is 28.2 Å². The smallest absolute Gasteiger partial charge is 0.253 e. The maximum absolute atomic E-state index is 13.4. The fourth-order valence-electron chi connectivity index (χ4n) is 4.07. The summed E-state index contributed by atoms with van der Waals surface area (Å²) < 4.78 is 6.99. The number of nitrogens with zero attached hydrogens (tertiary/aromatic N) is 1. The first kappa shape index (κ1) is 23.5. The fourth-order valence-corrected chi connectivity index (χ4v) is 4.28. The van der Waals surface area contributed by atoms with Gasteiger partial charge in [-0.3, -0.25) is 9.59 Å². The third kappa shape index (κ3) is 4.98. The van der Waals surface area contributed by atoms with E-state index in [0.29, 0.717) is 34.0 Å². The lowest BCUT2D eigenvalue weighted by molar-refractivity contribution is 0.0940. The molecule has 1 atom stereocenters. The number of hydrogen-bond donors (Lipinski definition) is 2. The molecular formula is C27H27ClN2O4. The van der Waals surface area contributed by atoms with Gasteiger partial charge in [-0.05, 0) is 55.3 Å². The van der Waals surface area contributed by atoms with Crippen LogP contribution in [0.25, 0.3) is 10.9 Å². The van der Waals surface area contributed by atoms with E-state index in [1.54, 1.807) is 30.5 Å². The number of halogens is 1. The number of aliphatic hydroxyl groups is 1. The minimum absolute atomic E-state index is 0. The van der Waals surface area contributed by atoms with Gasteiger partial charge in [-0.1, -0.05) is 48.0 Å². The van der Waals surface area contributed by atoms with E-state index >= 15 is 0 Å². The number of benzene rings is 3. The molecule has 0 radical (unpaired) electrons. The second kappa shape index (κ2) is 10.1. The normalized spacial score (nSPS) is 11.9. The van der Waals surface area contributed by atoms with Gasteiger partial charge in [0.2, 0.25) is 0 Å². The average Bonchev–Trinajstić information content (AvgIpc) is 3.18. The molecule has 0 unspecified atom stereocenters. The highest BCUT2D eigenvalue weighted by atomic mass is 35.5. The molecule has 0 aliphatic carbocycles. The van der Waals surface area contributed by atoms with Gasteiger partial charge in [0.25, 0.3) is 5.91 Å². The number of Topliss-reactive ketones (excluding diaryl/α,β-unsaturated/α-hetero) is 1. The topological polar surface area (TPSA) is 80.6 Å². The van der Waals surface area contributed by atoms with E-state index in [1.807, 2.05) is 54.0 Å². The predicted molar refractivity (Wildman–Crippen MR) is 135 cm³/mol. The van der Waals surface area contributed by atoms with Crippen LogP contribution in [0.3, 0.4) is 0 Å². The Hall–Kier alpha value is -3.61. The van der Waals surface area contributed by atoms with Crippen LogP contribution in [-0.2, 0) is 6.54 Å². The first-order valence-electron chi connectivity index (χ1n) is 10.9. The van der Waals surface area contributed by atoms with Gasteiger partial charge in [-0.25, -0.2) is 0 Å². The number of hydrogen-bond acceptors (Lipinski definition) is 4. The number of carbonyl (C=O) groups is 2. The Labute approximate surface area is 204 Å². The SMILES string of the molecule is CC(=O)c1cn(Cc2cccc(Cl)c2)c2c(C(=O)N[C@@H](C)c3ccc(OCO)cc3)cccc12.[HH]. The molecule has 0 saturated carbocycles. The molecule has 0 aliphatic rings. The van der Waals surface area contributed by atoms with Crippen LogP contribution in [0.15, 0.2) is 72.9 Å². The lowest BCUT2D eigenvalue weighted by atomic mass is 10.0. The van der Waals surface area contributed by atoms with Gasteiger partial charge >= 0.3 is 0 Å². The largest absolute Gasteiger partial charge is 0.468 e. The quantitative estimate of drug-likeness (QED) is 0.255. The highest BCUT2D eigenvalue weighted by molar-refractivity contribution is 6.30. The van der Waals surface area contributed by atoms with Gasteiger partial charge in [0.05, 0.1) is 17.1 Å². The molecule has 34 heavy (non-hydrogen) atoms. The van der Waals surface area contributed by atoms with E-state index in [1.165, 1.54) is 6.92 Å². The summed E-state index contributed by atoms with van der Waals surface area (Å²) in [6.45, 7) is 3.49. The maximum atomic E-state index is 13.4. The van der Waals surface area contributed by atoms with Gasteiger partial charge in [-0.15, -0.1) is 0 Å². The van der Waals surface area contributed by atoms with Crippen LogP contribution >= 0.6 is 11.6 Å². The summed E-state index contributed by atoms with van der Waals surface area (Å²) in [7, 11) is 0. The van der Waals surface area contributed by atoms with Crippen molar-refractivity contribution in [1.82, 2.24) is 9.88 Å². The van der Waals surface area contributed by atoms with E-state index in [-0.39, 0.29) is 19.2 Å². The summed E-state index contributed by atoms with van der Waals surface area (Å²) in [5, 5.41) is 13.3. The number of aromatic nitrogens is 1. The number of carbonyl (C=O) groups excluding carboxylic acids is 2. The van der Waals surface area contributed by atoms with Gasteiger partial charge < -0.3 is 19.7 Å². The van der Waals surface area contributed by atoms with Gasteiger partial charge in [-0.2, -0.15) is 0 Å². The van der Waals surface area contributed by atoms with Crippen molar-refractivity contribution in [3.05, 3.63) is 100 Å². The van der Waals surface area contributed by atoms with Gasteiger partial charge in [0.1, 0.15) is 5.75 Å². The van der Waals surface area contributed by atoms with E-state index < -0.39 is 6.79 Å². The summed E-state index contributed by atoms with van der Waals surface area (Å²) in [5.41, 5.74) is 3.61. The summed E-state index contributed by atoms with van der Waals surface area (Å²) in [6, 6.07) is 19.8. The second-order valence-electron chi connectivity index (χ2n) is 8.10. The Morgan fingerprint density at radius 1 is 1.09 bits per heavy atom. The maximum Gasteiger partial charge on any atom is 0.253 e. The molecule has 4 aromatic rings. The Kier molecular flexibility index (Phi) is 7.01. The predicted octanol–water partition coefficient (Wildman–Crippen LogP) is 5.61. The standard InChI is InChI=1S/C27H25ClN2O4.H2/c1-17(20-9-11-22(12-10-20)34-16-31)29-27(33)24-8-4-7-23-25(18(2)32)15-30(26(23)24)14-19-5-3-6-21(28)13-19;/h3-13,15,17,31H,14,16H2,1-2H3,(H,29,33);1H/t17-;/m0./s1. The van der Waals surface area contributed by atoms with E-state index in [0.717, 1.165) is 16.5 Å². The number of aliphatic hydroxyl groups excluding tert-OH is 1. The molecule has 3 aromatic carbocycles. The second-order valence-corrected chi connectivity index (χ2v) is 8.53. The van der Waals surface area contributed by atoms with Crippen molar-refractivity contribution < 1.29 is 20.9 Å². The monoisotopic (exact) mass is 478 g/mol. The van der Waals surface area contributed by atoms with Crippen molar-refractivity contribution >= 4 is 34.2 Å². The molecule has 1 amide bonds. The zero-order valence-electron chi connectivity index (χ0n) is 18.9. The molecule has 0 bridgehead atoms. The third-order valence-electron chi connectivity index (χ3n) is 5.72. The lowest BCUT2D eigenvalue weighted by Gasteiger charge is -2.16. The van der Waals surface area contributed by atoms with Crippen molar-refractivity contribution in [2.75, 3.05) is 6.79 Å². The first-order chi connectivity index (χ1) is 16.4. The molecule has 2 N–H and O–H groups in total. The van der Waals surface area contributed by atoms with Gasteiger partial charge in [0, 0.05) is 30.1 Å². The highest BCUT2D eigenvalue weighted by Crippen LogP contribution is 2.28. The van der Waals surface area contributed by atoms with Crippen molar-refractivity contribution in [3.8, 4) is 5.75 Å². The molecule has 0 saturated heterocycles. The molecule has 1 aromatic heterocycles. The molecule has 6 nitrogen and oxygen atoms in total. The highest BCUT2D eigenvalue weighted by Gasteiger charge is 2.20. The number of fused-ring (bicyclic) bond motifs is 1. The summed E-state index contributed by atoms with van der Waals surface area (Å²) in [6.07, 6.45) is 1.80. The van der Waals surface area contributed by atoms with Crippen LogP contribution < -0.4 is 10.1 Å². The van der Waals surface area contributed by atoms with Crippen molar-refractivity contribution in [2.45, 2.75) is 26.4 Å². The van der Waals surface area contributed by atoms with Crippen LogP contribution in [0.4, 0.5) is 0 Å². The molecular weight excluding hydrogens is 452 g/mol. The molecule has 4 rings (SSSR count). The number of rotatable bonds is 8. The molecule has 0 aliphatic heterocycles. The van der Waals surface area contributed by atoms with Crippen LogP contribution in [0.5, 0.6) is 5.75 Å². The number of nitrogens with one attached hydrogen (secondary N) is 1. The number of para-hydroxylation sites is 1. The minimum atomic E-state index is -0.396. The Bertz CT molecular complexity index is 1350. The summed E-state index contributed by atoms with van der Waals surface area (Å²) in [5.74, 6) is 0.241. The number of amides is 1. The Balaban J connectivity index is 0.00000342. The molecule has 176 valence electrons. The Morgan fingerprint density at radius 3 is 2.50 bits per heavy atom. The number of ether oxygens (including phenoxy) is 1. The van der Waals surface area contributed by atoms with Crippen molar-refractivity contribution in [1.29, 1.82) is 0 Å².